The quantitative estimate of drug-likeness (QED) is 0.270. The molecule has 2 unspecified atom stereocenters. The zero-order valence-electron chi connectivity index (χ0n) is 22.0. The number of para-hydroxylation sites is 2. The van der Waals surface area contributed by atoms with Gasteiger partial charge in [-0.05, 0) is 49.9 Å². The SMILES string of the molecule is Cc1cccc(C(=NC2CCCCC2N=C(c2ccccc2)c2cccc(C)c2O)c2ccccc2)c1O. The first kappa shape index (κ1) is 25.5. The fraction of sp³-hybridized carbons (Fsp3) is 0.235. The van der Waals surface area contributed by atoms with Crippen molar-refractivity contribution in [1.29, 1.82) is 0 Å². The summed E-state index contributed by atoms with van der Waals surface area (Å²) in [5.74, 6) is 0.529. The highest BCUT2D eigenvalue weighted by Crippen LogP contribution is 2.31. The number of rotatable bonds is 6. The summed E-state index contributed by atoms with van der Waals surface area (Å²) >= 11 is 0. The fourth-order valence-electron chi connectivity index (χ4n) is 5.22. The largest absolute Gasteiger partial charge is 0.507 e. The van der Waals surface area contributed by atoms with Gasteiger partial charge in [0.15, 0.2) is 0 Å². The Balaban J connectivity index is 1.64. The molecule has 4 aromatic carbocycles. The van der Waals surface area contributed by atoms with Crippen molar-refractivity contribution in [2.24, 2.45) is 9.98 Å². The molecule has 0 spiro atoms. The highest BCUT2D eigenvalue weighted by molar-refractivity contribution is 6.15. The van der Waals surface area contributed by atoms with Gasteiger partial charge in [-0.1, -0.05) is 97.8 Å². The maximum atomic E-state index is 11.0. The van der Waals surface area contributed by atoms with E-state index >= 15 is 0 Å². The Labute approximate surface area is 225 Å². The second-order valence-corrected chi connectivity index (χ2v) is 10.0. The Kier molecular flexibility index (Phi) is 7.69. The molecule has 0 heterocycles. The molecule has 5 rings (SSSR count). The molecule has 0 aliphatic heterocycles. The second kappa shape index (κ2) is 11.5. The van der Waals surface area contributed by atoms with E-state index in [1.807, 2.05) is 111 Å². The highest BCUT2D eigenvalue weighted by atomic mass is 16.3. The molecular weight excluding hydrogens is 468 g/mol. The van der Waals surface area contributed by atoms with E-state index in [9.17, 15) is 10.2 Å². The van der Waals surface area contributed by atoms with Crippen LogP contribution in [0.1, 0.15) is 59.1 Å². The minimum absolute atomic E-state index is 0.0514. The fourth-order valence-corrected chi connectivity index (χ4v) is 5.22. The molecule has 0 radical (unpaired) electrons. The Morgan fingerprint density at radius 1 is 0.553 bits per heavy atom. The number of hydrogen-bond acceptors (Lipinski definition) is 4. The third kappa shape index (κ3) is 5.40. The predicted octanol–water partition coefficient (Wildman–Crippen LogP) is 7.40. The van der Waals surface area contributed by atoms with Crippen LogP contribution in [0.3, 0.4) is 0 Å². The van der Waals surface area contributed by atoms with E-state index in [0.717, 1.165) is 70.5 Å². The Bertz CT molecular complexity index is 1350. The summed E-state index contributed by atoms with van der Waals surface area (Å²) in [6, 6.07) is 31.7. The third-order valence-electron chi connectivity index (χ3n) is 7.36. The number of nitrogens with zero attached hydrogens (tertiary/aromatic N) is 2. The van der Waals surface area contributed by atoms with Crippen LogP contribution in [0, 0.1) is 13.8 Å². The van der Waals surface area contributed by atoms with Crippen molar-refractivity contribution in [3.05, 3.63) is 130 Å². The molecule has 2 N–H and O–H groups in total. The van der Waals surface area contributed by atoms with E-state index in [1.165, 1.54) is 0 Å². The predicted molar refractivity (Wildman–Crippen MR) is 156 cm³/mol. The first-order valence-electron chi connectivity index (χ1n) is 13.4. The molecule has 1 saturated carbocycles. The summed E-state index contributed by atoms with van der Waals surface area (Å²) in [5.41, 5.74) is 6.66. The van der Waals surface area contributed by atoms with E-state index in [0.29, 0.717) is 0 Å². The lowest BCUT2D eigenvalue weighted by Gasteiger charge is -2.28. The van der Waals surface area contributed by atoms with E-state index in [4.69, 9.17) is 9.98 Å². The van der Waals surface area contributed by atoms with Crippen molar-refractivity contribution in [3.63, 3.8) is 0 Å². The number of aryl methyl sites for hydroxylation is 2. The van der Waals surface area contributed by atoms with Crippen molar-refractivity contribution in [2.45, 2.75) is 51.6 Å². The van der Waals surface area contributed by atoms with Crippen LogP contribution in [0.4, 0.5) is 0 Å². The average Bonchev–Trinajstić information content (AvgIpc) is 2.95. The maximum Gasteiger partial charge on any atom is 0.127 e. The molecule has 0 saturated heterocycles. The zero-order chi connectivity index (χ0) is 26.5. The van der Waals surface area contributed by atoms with Crippen LogP contribution in [0.2, 0.25) is 0 Å². The number of aliphatic imine (C=N–C) groups is 2. The van der Waals surface area contributed by atoms with Crippen LogP contribution in [0.15, 0.2) is 107 Å². The van der Waals surface area contributed by atoms with Crippen LogP contribution in [-0.4, -0.2) is 33.7 Å². The molecule has 4 nitrogen and oxygen atoms in total. The number of aromatic hydroxyl groups is 2. The van der Waals surface area contributed by atoms with Crippen LogP contribution in [0.5, 0.6) is 11.5 Å². The topological polar surface area (TPSA) is 65.2 Å². The van der Waals surface area contributed by atoms with Crippen molar-refractivity contribution in [3.8, 4) is 11.5 Å². The Morgan fingerprint density at radius 2 is 0.947 bits per heavy atom. The van der Waals surface area contributed by atoms with E-state index in [-0.39, 0.29) is 23.6 Å². The third-order valence-corrected chi connectivity index (χ3v) is 7.36. The first-order valence-corrected chi connectivity index (χ1v) is 13.4. The summed E-state index contributed by atoms with van der Waals surface area (Å²) in [6.45, 7) is 3.82. The van der Waals surface area contributed by atoms with Gasteiger partial charge in [-0.15, -0.1) is 0 Å². The van der Waals surface area contributed by atoms with Crippen molar-refractivity contribution in [2.75, 3.05) is 0 Å². The molecule has 0 bridgehead atoms. The van der Waals surface area contributed by atoms with Gasteiger partial charge in [0.25, 0.3) is 0 Å². The van der Waals surface area contributed by atoms with Gasteiger partial charge in [-0.3, -0.25) is 9.98 Å². The summed E-state index contributed by atoms with van der Waals surface area (Å²) in [6.07, 6.45) is 3.99. The number of hydrogen-bond donors (Lipinski definition) is 2. The minimum Gasteiger partial charge on any atom is -0.507 e. The summed E-state index contributed by atoms with van der Waals surface area (Å²) in [7, 11) is 0. The minimum atomic E-state index is -0.0514. The summed E-state index contributed by atoms with van der Waals surface area (Å²) < 4.78 is 0. The molecule has 0 aromatic heterocycles. The Morgan fingerprint density at radius 3 is 1.34 bits per heavy atom. The maximum absolute atomic E-state index is 11.0. The molecule has 2 atom stereocenters. The van der Waals surface area contributed by atoms with Crippen molar-refractivity contribution in [1.82, 2.24) is 0 Å². The van der Waals surface area contributed by atoms with Gasteiger partial charge in [0.2, 0.25) is 0 Å². The monoisotopic (exact) mass is 502 g/mol. The lowest BCUT2D eigenvalue weighted by atomic mass is 9.89. The zero-order valence-corrected chi connectivity index (χ0v) is 22.0. The summed E-state index contributed by atoms with van der Waals surface area (Å²) in [4.78, 5) is 10.7. The van der Waals surface area contributed by atoms with Gasteiger partial charge >= 0.3 is 0 Å². The van der Waals surface area contributed by atoms with Gasteiger partial charge < -0.3 is 10.2 Å². The van der Waals surface area contributed by atoms with Gasteiger partial charge in [0.05, 0.1) is 23.5 Å². The molecular formula is C34H34N2O2. The molecule has 1 aliphatic rings. The number of phenolic OH excluding ortho intramolecular Hbond substituents is 2. The van der Waals surface area contributed by atoms with E-state index in [2.05, 4.69) is 0 Å². The molecule has 4 heteroatoms. The standard InChI is InChI=1S/C34H34N2O2/c1-23-13-11-19-27(33(23)37)31(25-15-5-3-6-16-25)35-29-21-9-10-22-30(29)36-32(26-17-7-4-8-18-26)28-20-12-14-24(2)34(28)38/h3-8,11-20,29-30,37-38H,9-10,21-22H2,1-2H3. The molecule has 0 amide bonds. The lowest BCUT2D eigenvalue weighted by Crippen LogP contribution is -2.30. The molecule has 192 valence electrons. The van der Waals surface area contributed by atoms with Crippen LogP contribution in [-0.2, 0) is 0 Å². The smallest absolute Gasteiger partial charge is 0.127 e. The van der Waals surface area contributed by atoms with Crippen molar-refractivity contribution >= 4 is 11.4 Å². The lowest BCUT2D eigenvalue weighted by molar-refractivity contribution is 0.388. The molecule has 4 aromatic rings. The van der Waals surface area contributed by atoms with E-state index < -0.39 is 0 Å². The number of phenols is 2. The van der Waals surface area contributed by atoms with Gasteiger partial charge in [-0.2, -0.15) is 0 Å². The highest BCUT2D eigenvalue weighted by Gasteiger charge is 2.27. The first-order chi connectivity index (χ1) is 18.5. The molecule has 38 heavy (non-hydrogen) atoms. The van der Waals surface area contributed by atoms with E-state index in [1.54, 1.807) is 0 Å². The van der Waals surface area contributed by atoms with Crippen molar-refractivity contribution < 1.29 is 10.2 Å². The summed E-state index contributed by atoms with van der Waals surface area (Å²) in [5, 5.41) is 22.0. The molecule has 1 fully saturated rings. The number of benzene rings is 4. The van der Waals surface area contributed by atoms with Crippen LogP contribution < -0.4 is 0 Å². The second-order valence-electron chi connectivity index (χ2n) is 10.0. The van der Waals surface area contributed by atoms with Gasteiger partial charge in [0, 0.05) is 22.3 Å². The van der Waals surface area contributed by atoms with Crippen LogP contribution in [0.25, 0.3) is 0 Å². The van der Waals surface area contributed by atoms with Gasteiger partial charge in [0.1, 0.15) is 11.5 Å². The molecule has 1 aliphatic carbocycles. The Hall–Kier alpha value is -4.18. The normalized spacial score (nSPS) is 18.4. The van der Waals surface area contributed by atoms with Crippen LogP contribution >= 0.6 is 0 Å². The van der Waals surface area contributed by atoms with Gasteiger partial charge in [-0.25, -0.2) is 0 Å². The average molecular weight is 503 g/mol.